The maximum absolute atomic E-state index is 5.65. The normalized spacial score (nSPS) is 10.9. The molecule has 0 radical (unpaired) electrons. The fourth-order valence-corrected chi connectivity index (χ4v) is 3.36. The summed E-state index contributed by atoms with van der Waals surface area (Å²) >= 11 is 7.02. The van der Waals surface area contributed by atoms with Crippen LogP contribution in [-0.2, 0) is 6.42 Å². The Bertz CT molecular complexity index is 582. The first kappa shape index (κ1) is 12.8. The summed E-state index contributed by atoms with van der Waals surface area (Å²) in [6, 6.07) is 4.02. The van der Waals surface area contributed by atoms with Crippen molar-refractivity contribution < 1.29 is 0 Å². The lowest BCUT2D eigenvalue weighted by Crippen LogP contribution is -2.11. The number of aromatic nitrogens is 1. The zero-order chi connectivity index (χ0) is 12.6. The minimum atomic E-state index is 0.901. The highest BCUT2D eigenvalue weighted by Crippen LogP contribution is 2.34. The van der Waals surface area contributed by atoms with Crippen LogP contribution in [0.15, 0.2) is 21.1 Å². The topological polar surface area (TPSA) is 50.9 Å². The first-order valence-corrected chi connectivity index (χ1v) is 6.92. The van der Waals surface area contributed by atoms with E-state index in [-0.39, 0.29) is 0 Å². The van der Waals surface area contributed by atoms with Crippen LogP contribution in [0.5, 0.6) is 0 Å². The predicted octanol–water partition coefficient (Wildman–Crippen LogP) is 3.92. The molecule has 0 saturated heterocycles. The molecule has 0 spiro atoms. The smallest absolute Gasteiger partial charge is 0.0869 e. The summed E-state index contributed by atoms with van der Waals surface area (Å²) < 4.78 is 1.96. The van der Waals surface area contributed by atoms with Crippen LogP contribution >= 0.6 is 31.9 Å². The Balaban J connectivity index is 2.93. The van der Waals surface area contributed by atoms with Crippen LogP contribution in [0.25, 0.3) is 10.9 Å². The van der Waals surface area contributed by atoms with Crippen LogP contribution < -0.4 is 11.3 Å². The number of halogens is 2. The number of hydrogen-bond acceptors (Lipinski definition) is 3. The summed E-state index contributed by atoms with van der Waals surface area (Å²) in [5.74, 6) is 5.65. The minimum absolute atomic E-state index is 0.901. The number of rotatable bonds is 2. The van der Waals surface area contributed by atoms with Crippen LogP contribution in [0.3, 0.4) is 0 Å². The summed E-state index contributed by atoms with van der Waals surface area (Å²) in [5, 5.41) is 1.02. The maximum Gasteiger partial charge on any atom is 0.0869 e. The molecule has 0 aliphatic heterocycles. The Hall–Kier alpha value is -0.650. The molecule has 0 aliphatic rings. The van der Waals surface area contributed by atoms with Gasteiger partial charge in [-0.2, -0.15) is 0 Å². The van der Waals surface area contributed by atoms with E-state index in [9.17, 15) is 0 Å². The Morgan fingerprint density at radius 1 is 1.35 bits per heavy atom. The third kappa shape index (κ3) is 2.19. The van der Waals surface area contributed by atoms with Crippen LogP contribution in [0, 0.1) is 6.92 Å². The molecule has 17 heavy (non-hydrogen) atoms. The fraction of sp³-hybridized carbons (Fsp3) is 0.250. The highest BCUT2D eigenvalue weighted by atomic mass is 79.9. The van der Waals surface area contributed by atoms with Crippen molar-refractivity contribution in [2.24, 2.45) is 5.84 Å². The van der Waals surface area contributed by atoms with E-state index in [0.29, 0.717) is 0 Å². The van der Waals surface area contributed by atoms with Crippen molar-refractivity contribution in [3.8, 4) is 0 Å². The van der Waals surface area contributed by atoms with Gasteiger partial charge in [0.05, 0.1) is 11.2 Å². The molecule has 3 nitrogen and oxygen atoms in total. The fourth-order valence-electron chi connectivity index (χ4n) is 2.05. The minimum Gasteiger partial charge on any atom is -0.323 e. The number of fused-ring (bicyclic) bond motifs is 1. The molecule has 1 aromatic heterocycles. The van der Waals surface area contributed by atoms with Gasteiger partial charge in [-0.1, -0.05) is 22.9 Å². The number of aryl methyl sites for hydroxylation is 1. The largest absolute Gasteiger partial charge is 0.323 e. The Morgan fingerprint density at radius 2 is 2.06 bits per heavy atom. The number of hydrazine groups is 1. The van der Waals surface area contributed by atoms with Gasteiger partial charge in [-0.25, -0.2) is 0 Å². The molecule has 0 bridgehead atoms. The Kier molecular flexibility index (Phi) is 3.70. The van der Waals surface area contributed by atoms with Gasteiger partial charge in [-0.3, -0.25) is 10.8 Å². The number of nitrogen functional groups attached to an aromatic ring is 1. The molecule has 0 amide bonds. The van der Waals surface area contributed by atoms with Gasteiger partial charge < -0.3 is 5.43 Å². The van der Waals surface area contributed by atoms with Crippen LogP contribution in [0.1, 0.15) is 18.2 Å². The van der Waals surface area contributed by atoms with Crippen LogP contribution in [0.4, 0.5) is 5.69 Å². The number of anilines is 1. The van der Waals surface area contributed by atoms with Crippen molar-refractivity contribution in [1.82, 2.24) is 4.98 Å². The van der Waals surface area contributed by atoms with E-state index in [0.717, 1.165) is 43.2 Å². The van der Waals surface area contributed by atoms with Crippen molar-refractivity contribution in [2.45, 2.75) is 20.3 Å². The van der Waals surface area contributed by atoms with E-state index in [1.54, 1.807) is 0 Å². The average molecular weight is 359 g/mol. The first-order chi connectivity index (χ1) is 8.08. The number of nitrogens with two attached hydrogens (primary N) is 1. The third-order valence-electron chi connectivity index (χ3n) is 2.81. The van der Waals surface area contributed by atoms with Gasteiger partial charge in [0.2, 0.25) is 0 Å². The van der Waals surface area contributed by atoms with E-state index in [1.807, 2.05) is 19.1 Å². The van der Waals surface area contributed by atoms with Gasteiger partial charge in [0.25, 0.3) is 0 Å². The lowest BCUT2D eigenvalue weighted by Gasteiger charge is -2.14. The summed E-state index contributed by atoms with van der Waals surface area (Å²) in [7, 11) is 0. The van der Waals surface area contributed by atoms with Gasteiger partial charge in [0, 0.05) is 20.0 Å². The number of nitrogens with zero attached hydrogens (tertiary/aromatic N) is 1. The Labute approximate surface area is 117 Å². The molecule has 0 aliphatic carbocycles. The zero-order valence-electron chi connectivity index (χ0n) is 9.64. The molecule has 90 valence electrons. The zero-order valence-corrected chi connectivity index (χ0v) is 12.8. The summed E-state index contributed by atoms with van der Waals surface area (Å²) in [5.41, 5.74) is 6.85. The summed E-state index contributed by atoms with van der Waals surface area (Å²) in [6.45, 7) is 4.11. The summed E-state index contributed by atoms with van der Waals surface area (Å²) in [6.07, 6.45) is 0.901. The quantitative estimate of drug-likeness (QED) is 0.632. The molecule has 1 aromatic carbocycles. The molecule has 0 saturated carbocycles. The summed E-state index contributed by atoms with van der Waals surface area (Å²) in [4.78, 5) is 4.63. The predicted molar refractivity (Wildman–Crippen MR) is 79.1 cm³/mol. The number of nitrogens with one attached hydrogen (secondary N) is 1. The SMILES string of the molecule is CCc1c(C)nc2c(Br)cc(Br)cc2c1NN. The molecule has 0 atom stereocenters. The molecule has 3 N–H and O–H groups in total. The van der Waals surface area contributed by atoms with Gasteiger partial charge in [-0.05, 0) is 47.0 Å². The first-order valence-electron chi connectivity index (χ1n) is 5.33. The molecular formula is C12H13Br2N3. The molecule has 5 heteroatoms. The van der Waals surface area contributed by atoms with Crippen molar-refractivity contribution >= 4 is 48.5 Å². The van der Waals surface area contributed by atoms with Crippen molar-refractivity contribution in [2.75, 3.05) is 5.43 Å². The highest BCUT2D eigenvalue weighted by Gasteiger charge is 2.13. The maximum atomic E-state index is 5.65. The molecule has 2 rings (SSSR count). The number of benzene rings is 1. The number of pyridine rings is 1. The second kappa shape index (κ2) is 4.92. The molecule has 1 heterocycles. The van der Waals surface area contributed by atoms with E-state index in [2.05, 4.69) is 49.2 Å². The highest BCUT2D eigenvalue weighted by molar-refractivity contribution is 9.11. The second-order valence-corrected chi connectivity index (χ2v) is 5.60. The monoisotopic (exact) mass is 357 g/mol. The van der Waals surface area contributed by atoms with Gasteiger partial charge in [0.15, 0.2) is 0 Å². The van der Waals surface area contributed by atoms with Gasteiger partial charge >= 0.3 is 0 Å². The van der Waals surface area contributed by atoms with E-state index in [1.165, 1.54) is 0 Å². The van der Waals surface area contributed by atoms with Crippen molar-refractivity contribution in [3.05, 3.63) is 32.3 Å². The van der Waals surface area contributed by atoms with Crippen molar-refractivity contribution in [3.63, 3.8) is 0 Å². The van der Waals surface area contributed by atoms with Gasteiger partial charge in [0.1, 0.15) is 0 Å². The second-order valence-electron chi connectivity index (χ2n) is 3.83. The lowest BCUT2D eigenvalue weighted by atomic mass is 10.0. The standard InChI is InChI=1S/C12H13Br2N3/c1-3-8-6(2)16-12-9(11(8)17-15)4-7(13)5-10(12)14/h4-5H,3,15H2,1-2H3,(H,16,17). The van der Waals surface area contributed by atoms with Gasteiger partial charge in [-0.15, -0.1) is 0 Å². The van der Waals surface area contributed by atoms with Crippen LogP contribution in [-0.4, -0.2) is 4.98 Å². The Morgan fingerprint density at radius 3 is 2.65 bits per heavy atom. The average Bonchev–Trinajstić information content (AvgIpc) is 2.28. The lowest BCUT2D eigenvalue weighted by molar-refractivity contribution is 1.06. The van der Waals surface area contributed by atoms with Crippen molar-refractivity contribution in [1.29, 1.82) is 0 Å². The molecular weight excluding hydrogens is 346 g/mol. The van der Waals surface area contributed by atoms with E-state index < -0.39 is 0 Å². The third-order valence-corrected chi connectivity index (χ3v) is 3.88. The molecule has 0 unspecified atom stereocenters. The van der Waals surface area contributed by atoms with E-state index in [4.69, 9.17) is 5.84 Å². The van der Waals surface area contributed by atoms with E-state index >= 15 is 0 Å². The number of hydrogen-bond donors (Lipinski definition) is 2. The molecule has 0 fully saturated rings. The molecule has 2 aromatic rings. The van der Waals surface area contributed by atoms with Crippen LogP contribution in [0.2, 0.25) is 0 Å².